The van der Waals surface area contributed by atoms with Crippen LogP contribution in [0.3, 0.4) is 0 Å². The molecule has 2 heterocycles. The molecule has 0 radical (unpaired) electrons. The Labute approximate surface area is 123 Å². The molecule has 2 aliphatic carbocycles. The van der Waals surface area contributed by atoms with Crippen LogP contribution in [-0.4, -0.2) is 16.5 Å². The van der Waals surface area contributed by atoms with Gasteiger partial charge in [0.05, 0.1) is 9.58 Å². The summed E-state index contributed by atoms with van der Waals surface area (Å²) in [4.78, 5) is 13.2. The lowest BCUT2D eigenvalue weighted by Crippen LogP contribution is -2.35. The molecule has 0 atom stereocenters. The van der Waals surface area contributed by atoms with Crippen molar-refractivity contribution < 1.29 is 4.79 Å². The van der Waals surface area contributed by atoms with Crippen molar-refractivity contribution in [2.24, 2.45) is 0 Å². The van der Waals surface area contributed by atoms with E-state index in [4.69, 9.17) is 0 Å². The Hall–Kier alpha value is -1.29. The highest BCUT2D eigenvalue weighted by molar-refractivity contribution is 7.20. The van der Waals surface area contributed by atoms with E-state index in [2.05, 4.69) is 28.3 Å². The summed E-state index contributed by atoms with van der Waals surface area (Å²) >= 11 is 1.63. The van der Waals surface area contributed by atoms with Crippen molar-refractivity contribution in [2.75, 3.05) is 0 Å². The lowest BCUT2D eigenvalue weighted by atomic mass is 9.95. The van der Waals surface area contributed by atoms with Gasteiger partial charge in [-0.1, -0.05) is 19.3 Å². The van der Waals surface area contributed by atoms with Gasteiger partial charge in [-0.15, -0.1) is 11.3 Å². The standard InChI is InChI=1S/C16H20N2OS/c19-16(17-12-4-2-1-3-5-12)14-8-11-9-18(13-6-7-13)10-15(11)20-14/h8-10,12-13H,1-7H2,(H,17,19). The van der Waals surface area contributed by atoms with Crippen LogP contribution >= 0.6 is 11.3 Å². The molecule has 0 bridgehead atoms. The quantitative estimate of drug-likeness (QED) is 0.906. The van der Waals surface area contributed by atoms with Crippen LogP contribution in [0.25, 0.3) is 10.1 Å². The zero-order valence-corrected chi connectivity index (χ0v) is 12.4. The molecule has 0 unspecified atom stereocenters. The number of nitrogens with one attached hydrogen (secondary N) is 1. The van der Waals surface area contributed by atoms with Crippen LogP contribution < -0.4 is 5.32 Å². The number of amides is 1. The molecule has 106 valence electrons. The molecule has 0 aliphatic heterocycles. The molecule has 0 aromatic carbocycles. The van der Waals surface area contributed by atoms with E-state index in [1.54, 1.807) is 11.3 Å². The molecule has 2 aliphatic rings. The smallest absolute Gasteiger partial charge is 0.261 e. The maximum absolute atomic E-state index is 12.3. The zero-order chi connectivity index (χ0) is 13.5. The van der Waals surface area contributed by atoms with Gasteiger partial charge < -0.3 is 9.88 Å². The van der Waals surface area contributed by atoms with E-state index in [-0.39, 0.29) is 5.91 Å². The van der Waals surface area contributed by atoms with Crippen LogP contribution in [0.15, 0.2) is 18.5 Å². The van der Waals surface area contributed by atoms with Crippen LogP contribution in [0, 0.1) is 0 Å². The maximum atomic E-state index is 12.3. The number of nitrogens with zero attached hydrogens (tertiary/aromatic N) is 1. The average molecular weight is 288 g/mol. The summed E-state index contributed by atoms with van der Waals surface area (Å²) in [5.41, 5.74) is 0. The molecule has 0 saturated heterocycles. The van der Waals surface area contributed by atoms with Crippen LogP contribution in [0.1, 0.15) is 60.7 Å². The number of rotatable bonds is 3. The molecule has 4 rings (SSSR count). The minimum atomic E-state index is 0.121. The Bertz CT molecular complexity index is 600. The molecular weight excluding hydrogens is 268 g/mol. The monoisotopic (exact) mass is 288 g/mol. The van der Waals surface area contributed by atoms with E-state index < -0.39 is 0 Å². The van der Waals surface area contributed by atoms with Crippen LogP contribution in [-0.2, 0) is 0 Å². The highest BCUT2D eigenvalue weighted by Crippen LogP contribution is 2.38. The van der Waals surface area contributed by atoms with Gasteiger partial charge in [0.15, 0.2) is 0 Å². The molecule has 20 heavy (non-hydrogen) atoms. The van der Waals surface area contributed by atoms with Gasteiger partial charge in [-0.2, -0.15) is 0 Å². The average Bonchev–Trinajstić information content (AvgIpc) is 3.10. The van der Waals surface area contributed by atoms with Gasteiger partial charge in [-0.3, -0.25) is 4.79 Å². The Kier molecular flexibility index (Phi) is 3.06. The van der Waals surface area contributed by atoms with E-state index in [0.29, 0.717) is 12.1 Å². The third kappa shape index (κ3) is 2.37. The Balaban J connectivity index is 1.49. The lowest BCUT2D eigenvalue weighted by Gasteiger charge is -2.22. The first-order chi connectivity index (χ1) is 9.79. The molecule has 2 aromatic heterocycles. The van der Waals surface area contributed by atoms with E-state index in [1.165, 1.54) is 42.2 Å². The fourth-order valence-corrected chi connectivity index (χ4v) is 4.13. The SMILES string of the molecule is O=C(NC1CCCCC1)c1cc2cn(C3CC3)cc2s1. The summed E-state index contributed by atoms with van der Waals surface area (Å²) in [5, 5.41) is 4.42. The first kappa shape index (κ1) is 12.5. The molecule has 1 N–H and O–H groups in total. The number of hydrogen-bond donors (Lipinski definition) is 1. The number of hydrogen-bond acceptors (Lipinski definition) is 2. The molecule has 4 heteroatoms. The van der Waals surface area contributed by atoms with Crippen LogP contribution in [0.4, 0.5) is 0 Å². The van der Waals surface area contributed by atoms with Gasteiger partial charge in [0.25, 0.3) is 5.91 Å². The van der Waals surface area contributed by atoms with Crippen LogP contribution in [0.5, 0.6) is 0 Å². The number of fused-ring (bicyclic) bond motifs is 1. The van der Waals surface area contributed by atoms with E-state index in [1.807, 2.05) is 0 Å². The third-order valence-corrected chi connectivity index (χ3v) is 5.56. The predicted octanol–water partition coefficient (Wildman–Crippen LogP) is 4.10. The number of thiophene rings is 1. The van der Waals surface area contributed by atoms with Gasteiger partial charge >= 0.3 is 0 Å². The van der Waals surface area contributed by atoms with Gasteiger partial charge in [0.2, 0.25) is 0 Å². The Morgan fingerprint density at radius 1 is 1.15 bits per heavy atom. The molecule has 0 spiro atoms. The normalized spacial score (nSPS) is 20.4. The summed E-state index contributed by atoms with van der Waals surface area (Å²) < 4.78 is 3.55. The molecular formula is C16H20N2OS. The Morgan fingerprint density at radius 3 is 2.65 bits per heavy atom. The topological polar surface area (TPSA) is 34.0 Å². The van der Waals surface area contributed by atoms with Crippen molar-refractivity contribution in [3.63, 3.8) is 0 Å². The number of aromatic nitrogens is 1. The van der Waals surface area contributed by atoms with Gasteiger partial charge in [0, 0.05) is 29.9 Å². The van der Waals surface area contributed by atoms with Crippen molar-refractivity contribution in [2.45, 2.75) is 57.0 Å². The van der Waals surface area contributed by atoms with Crippen molar-refractivity contribution in [3.05, 3.63) is 23.3 Å². The van der Waals surface area contributed by atoms with Crippen molar-refractivity contribution in [3.8, 4) is 0 Å². The van der Waals surface area contributed by atoms with Crippen molar-refractivity contribution >= 4 is 27.3 Å². The highest BCUT2D eigenvalue weighted by atomic mass is 32.1. The highest BCUT2D eigenvalue weighted by Gasteiger charge is 2.24. The van der Waals surface area contributed by atoms with Gasteiger partial charge in [0.1, 0.15) is 0 Å². The molecule has 2 fully saturated rings. The zero-order valence-electron chi connectivity index (χ0n) is 11.6. The number of carbonyl (C=O) groups excluding carboxylic acids is 1. The predicted molar refractivity (Wildman–Crippen MR) is 82.4 cm³/mol. The van der Waals surface area contributed by atoms with Gasteiger partial charge in [-0.05, 0) is 31.7 Å². The van der Waals surface area contributed by atoms with Gasteiger partial charge in [-0.25, -0.2) is 0 Å². The van der Waals surface area contributed by atoms with E-state index in [0.717, 1.165) is 17.7 Å². The fraction of sp³-hybridized carbons (Fsp3) is 0.562. The lowest BCUT2D eigenvalue weighted by molar-refractivity contribution is 0.0932. The second-order valence-electron chi connectivity index (χ2n) is 6.18. The maximum Gasteiger partial charge on any atom is 0.261 e. The minimum absolute atomic E-state index is 0.121. The summed E-state index contributed by atoms with van der Waals surface area (Å²) in [6, 6.07) is 3.16. The molecule has 1 amide bonds. The molecule has 3 nitrogen and oxygen atoms in total. The van der Waals surface area contributed by atoms with Crippen LogP contribution in [0.2, 0.25) is 0 Å². The second kappa shape index (κ2) is 4.92. The number of carbonyl (C=O) groups is 1. The summed E-state index contributed by atoms with van der Waals surface area (Å²) in [6.45, 7) is 0. The van der Waals surface area contributed by atoms with E-state index >= 15 is 0 Å². The van der Waals surface area contributed by atoms with Crippen molar-refractivity contribution in [1.82, 2.24) is 9.88 Å². The van der Waals surface area contributed by atoms with E-state index in [9.17, 15) is 4.79 Å². The summed E-state index contributed by atoms with van der Waals surface area (Å²) in [6.07, 6.45) is 13.1. The summed E-state index contributed by atoms with van der Waals surface area (Å²) in [7, 11) is 0. The Morgan fingerprint density at radius 2 is 1.95 bits per heavy atom. The minimum Gasteiger partial charge on any atom is -0.349 e. The fourth-order valence-electron chi connectivity index (χ4n) is 3.15. The second-order valence-corrected chi connectivity index (χ2v) is 7.26. The third-order valence-electron chi connectivity index (χ3n) is 4.48. The molecule has 2 aromatic rings. The first-order valence-corrected chi connectivity index (χ1v) is 8.53. The largest absolute Gasteiger partial charge is 0.349 e. The first-order valence-electron chi connectivity index (χ1n) is 7.71. The molecule has 2 saturated carbocycles. The summed E-state index contributed by atoms with van der Waals surface area (Å²) in [5.74, 6) is 0.121. The van der Waals surface area contributed by atoms with Crippen molar-refractivity contribution in [1.29, 1.82) is 0 Å².